The van der Waals surface area contributed by atoms with Gasteiger partial charge < -0.3 is 4.52 Å². The van der Waals surface area contributed by atoms with Crippen molar-refractivity contribution in [1.29, 1.82) is 5.26 Å². The summed E-state index contributed by atoms with van der Waals surface area (Å²) in [5, 5.41) is 17.6. The summed E-state index contributed by atoms with van der Waals surface area (Å²) < 4.78 is 7.12. The van der Waals surface area contributed by atoms with Crippen LogP contribution in [0.1, 0.15) is 11.3 Å². The zero-order valence-corrected chi connectivity index (χ0v) is 13.4. The highest BCUT2D eigenvalue weighted by Crippen LogP contribution is 2.23. The predicted molar refractivity (Wildman–Crippen MR) is 91.7 cm³/mol. The molecule has 0 radical (unpaired) electrons. The molecule has 0 bridgehead atoms. The second-order valence-electron chi connectivity index (χ2n) is 5.53. The summed E-state index contributed by atoms with van der Waals surface area (Å²) in [6.45, 7) is 1.93. The first-order valence-corrected chi connectivity index (χ1v) is 7.71. The minimum atomic E-state index is 0.358. The van der Waals surface area contributed by atoms with Crippen molar-refractivity contribution in [3.8, 4) is 34.7 Å². The Labute approximate surface area is 144 Å². The van der Waals surface area contributed by atoms with Gasteiger partial charge in [0.2, 0.25) is 5.82 Å². The maximum Gasteiger partial charge on any atom is 0.278 e. The molecule has 0 fully saturated rings. The van der Waals surface area contributed by atoms with Crippen molar-refractivity contribution in [2.75, 3.05) is 0 Å². The maximum atomic E-state index is 9.06. The zero-order valence-electron chi connectivity index (χ0n) is 13.4. The molecule has 0 N–H and O–H groups in total. The molecule has 4 rings (SSSR count). The van der Waals surface area contributed by atoms with Crippen molar-refractivity contribution in [3.63, 3.8) is 0 Å². The molecule has 2 aromatic carbocycles. The summed E-state index contributed by atoms with van der Waals surface area (Å²) >= 11 is 0. The molecule has 0 amide bonds. The fourth-order valence-electron chi connectivity index (χ4n) is 2.58. The monoisotopic (exact) mass is 327 g/mol. The molecule has 0 atom stereocenters. The smallest absolute Gasteiger partial charge is 0.278 e. The normalized spacial score (nSPS) is 10.6. The van der Waals surface area contributed by atoms with Crippen LogP contribution in [0.15, 0.2) is 65.2 Å². The first-order chi connectivity index (χ1) is 12.2. The molecule has 2 heterocycles. The zero-order chi connectivity index (χ0) is 17.2. The highest BCUT2D eigenvalue weighted by Gasteiger charge is 2.15. The maximum absolute atomic E-state index is 9.06. The Kier molecular flexibility index (Phi) is 3.60. The first kappa shape index (κ1) is 14.8. The number of nitrogens with zero attached hydrogens (tertiary/aromatic N) is 5. The molecule has 0 unspecified atom stereocenters. The second kappa shape index (κ2) is 6.06. The van der Waals surface area contributed by atoms with Crippen LogP contribution in [0, 0.1) is 18.3 Å². The van der Waals surface area contributed by atoms with Crippen LogP contribution in [0.2, 0.25) is 0 Å². The van der Waals surface area contributed by atoms with E-state index in [4.69, 9.17) is 9.78 Å². The summed E-state index contributed by atoms with van der Waals surface area (Å²) in [6.07, 6.45) is 0. The van der Waals surface area contributed by atoms with Crippen LogP contribution in [0.4, 0.5) is 0 Å². The Balaban J connectivity index is 1.71. The fraction of sp³-hybridized carbons (Fsp3) is 0.0526. The molecular formula is C19H13N5O. The fourth-order valence-corrected chi connectivity index (χ4v) is 2.58. The number of aryl methyl sites for hydroxylation is 1. The average Bonchev–Trinajstić information content (AvgIpc) is 3.29. The second-order valence-corrected chi connectivity index (χ2v) is 5.53. The third-order valence-corrected chi connectivity index (χ3v) is 3.78. The number of hydrogen-bond donors (Lipinski definition) is 0. The third-order valence-electron chi connectivity index (χ3n) is 3.78. The standard InChI is InChI=1S/C19H13N5O/c1-13-10-17(22-24(13)16-9-5-6-14(11-16)12-20)19-21-18(23-25-19)15-7-3-2-4-8-15/h2-11H,1H3. The van der Waals surface area contributed by atoms with E-state index in [-0.39, 0.29) is 0 Å². The minimum absolute atomic E-state index is 0.358. The van der Waals surface area contributed by atoms with Crippen LogP contribution in [0.25, 0.3) is 28.7 Å². The lowest BCUT2D eigenvalue weighted by Crippen LogP contribution is -1.99. The van der Waals surface area contributed by atoms with Gasteiger partial charge in [0.25, 0.3) is 5.89 Å². The van der Waals surface area contributed by atoms with E-state index in [1.54, 1.807) is 16.8 Å². The van der Waals surface area contributed by atoms with Crippen LogP contribution in [0.5, 0.6) is 0 Å². The summed E-state index contributed by atoms with van der Waals surface area (Å²) in [6, 6.07) is 20.9. The van der Waals surface area contributed by atoms with Crippen molar-refractivity contribution < 1.29 is 4.52 Å². The van der Waals surface area contributed by atoms with Crippen LogP contribution in [0.3, 0.4) is 0 Å². The lowest BCUT2D eigenvalue weighted by molar-refractivity contribution is 0.430. The third kappa shape index (κ3) is 2.79. The Morgan fingerprint density at radius 3 is 2.68 bits per heavy atom. The molecule has 6 heteroatoms. The molecule has 6 nitrogen and oxygen atoms in total. The lowest BCUT2D eigenvalue weighted by Gasteiger charge is -2.03. The van der Waals surface area contributed by atoms with Crippen LogP contribution in [-0.2, 0) is 0 Å². The first-order valence-electron chi connectivity index (χ1n) is 7.71. The van der Waals surface area contributed by atoms with Crippen molar-refractivity contribution >= 4 is 0 Å². The molecule has 0 aliphatic rings. The molecule has 0 aliphatic heterocycles. The number of hydrogen-bond acceptors (Lipinski definition) is 5. The van der Waals surface area contributed by atoms with E-state index in [9.17, 15) is 0 Å². The number of benzene rings is 2. The Morgan fingerprint density at radius 2 is 1.88 bits per heavy atom. The minimum Gasteiger partial charge on any atom is -0.332 e. The lowest BCUT2D eigenvalue weighted by atomic mass is 10.2. The molecule has 0 saturated carbocycles. The van der Waals surface area contributed by atoms with Gasteiger partial charge in [0, 0.05) is 11.3 Å². The van der Waals surface area contributed by atoms with Gasteiger partial charge in [-0.1, -0.05) is 41.6 Å². The van der Waals surface area contributed by atoms with Crippen LogP contribution < -0.4 is 0 Å². The summed E-state index contributed by atoms with van der Waals surface area (Å²) in [7, 11) is 0. The molecule has 120 valence electrons. The van der Waals surface area contributed by atoms with Crippen LogP contribution >= 0.6 is 0 Å². The van der Waals surface area contributed by atoms with Crippen molar-refractivity contribution in [2.45, 2.75) is 6.92 Å². The number of aromatic nitrogens is 4. The highest BCUT2D eigenvalue weighted by atomic mass is 16.5. The summed E-state index contributed by atoms with van der Waals surface area (Å²) in [5.41, 5.74) is 3.78. The molecule has 0 spiro atoms. The number of rotatable bonds is 3. The van der Waals surface area contributed by atoms with Gasteiger partial charge in [-0.05, 0) is 31.2 Å². The van der Waals surface area contributed by atoms with E-state index in [1.165, 1.54) is 0 Å². The number of nitriles is 1. The molecule has 25 heavy (non-hydrogen) atoms. The van der Waals surface area contributed by atoms with E-state index in [2.05, 4.69) is 21.3 Å². The predicted octanol–water partition coefficient (Wildman–Crippen LogP) is 3.77. The Hall–Kier alpha value is -3.72. The van der Waals surface area contributed by atoms with E-state index < -0.39 is 0 Å². The van der Waals surface area contributed by atoms with E-state index in [0.717, 1.165) is 16.9 Å². The van der Waals surface area contributed by atoms with Gasteiger partial charge in [-0.2, -0.15) is 15.3 Å². The molecule has 0 aliphatic carbocycles. The Bertz CT molecular complexity index is 1070. The van der Waals surface area contributed by atoms with E-state index in [1.807, 2.05) is 55.5 Å². The molecule has 4 aromatic rings. The average molecular weight is 327 g/mol. The summed E-state index contributed by atoms with van der Waals surface area (Å²) in [4.78, 5) is 4.43. The molecular weight excluding hydrogens is 314 g/mol. The summed E-state index contributed by atoms with van der Waals surface area (Å²) in [5.74, 6) is 0.881. The van der Waals surface area contributed by atoms with Gasteiger partial charge in [0.15, 0.2) is 5.69 Å². The Morgan fingerprint density at radius 1 is 1.04 bits per heavy atom. The van der Waals surface area contributed by atoms with Gasteiger partial charge in [0.1, 0.15) is 0 Å². The van der Waals surface area contributed by atoms with Gasteiger partial charge in [0.05, 0.1) is 17.3 Å². The molecule has 2 aromatic heterocycles. The van der Waals surface area contributed by atoms with Gasteiger partial charge in [-0.3, -0.25) is 0 Å². The van der Waals surface area contributed by atoms with E-state index >= 15 is 0 Å². The SMILES string of the molecule is Cc1cc(-c2nc(-c3ccccc3)no2)nn1-c1cccc(C#N)c1. The highest BCUT2D eigenvalue weighted by molar-refractivity contribution is 5.58. The van der Waals surface area contributed by atoms with Crippen molar-refractivity contribution in [1.82, 2.24) is 19.9 Å². The largest absolute Gasteiger partial charge is 0.332 e. The van der Waals surface area contributed by atoms with E-state index in [0.29, 0.717) is 23.0 Å². The van der Waals surface area contributed by atoms with Crippen molar-refractivity contribution in [2.24, 2.45) is 0 Å². The topological polar surface area (TPSA) is 80.5 Å². The van der Waals surface area contributed by atoms with Crippen LogP contribution in [-0.4, -0.2) is 19.9 Å². The van der Waals surface area contributed by atoms with Gasteiger partial charge >= 0.3 is 0 Å². The van der Waals surface area contributed by atoms with Gasteiger partial charge in [-0.15, -0.1) is 0 Å². The van der Waals surface area contributed by atoms with Gasteiger partial charge in [-0.25, -0.2) is 4.68 Å². The quantitative estimate of drug-likeness (QED) is 0.572. The van der Waals surface area contributed by atoms with Crippen molar-refractivity contribution in [3.05, 3.63) is 71.9 Å². The molecule has 0 saturated heterocycles.